The molecule has 1 rings (SSSR count). The molecule has 0 unspecified atom stereocenters. The van der Waals surface area contributed by atoms with E-state index in [2.05, 4.69) is 12.9 Å². The van der Waals surface area contributed by atoms with Crippen LogP contribution >= 0.6 is 24.3 Å². The van der Waals surface area contributed by atoms with Crippen LogP contribution in [0.2, 0.25) is 0 Å². The fourth-order valence-electron chi connectivity index (χ4n) is 0.181. The third kappa shape index (κ3) is 1.50. The molecule has 3 nitrogen and oxygen atoms in total. The summed E-state index contributed by atoms with van der Waals surface area (Å²) < 4.78 is 9.12. The van der Waals surface area contributed by atoms with E-state index in [0.717, 1.165) is 0 Å². The summed E-state index contributed by atoms with van der Waals surface area (Å²) in [6.07, 6.45) is 0. The molecule has 0 aromatic heterocycles. The second-order valence-corrected chi connectivity index (χ2v) is 4.49. The zero-order valence-corrected chi connectivity index (χ0v) is 6.07. The van der Waals surface area contributed by atoms with Crippen molar-refractivity contribution in [2.24, 2.45) is 0 Å². The number of nitrogens with one attached hydrogen (secondary N) is 3. The van der Waals surface area contributed by atoms with Gasteiger partial charge in [-0.2, -0.15) is 4.13 Å². The molecule has 6 heteroatoms. The highest BCUT2D eigenvalue weighted by Crippen LogP contribution is 1.96. The van der Waals surface area contributed by atoms with Gasteiger partial charge in [0.25, 0.3) is 0 Å². The van der Waals surface area contributed by atoms with E-state index in [9.17, 15) is 0 Å². The van der Waals surface area contributed by atoms with Crippen molar-refractivity contribution in [3.8, 4) is 0 Å². The highest BCUT2D eigenvalue weighted by molar-refractivity contribution is 8.12. The molecule has 0 atom stereocenters. The molecule has 1 aliphatic rings. The summed E-state index contributed by atoms with van der Waals surface area (Å²) in [6, 6.07) is 0. The summed E-state index contributed by atoms with van der Waals surface area (Å²) in [5, 5.41) is 0. The van der Waals surface area contributed by atoms with Gasteiger partial charge in [-0.1, -0.05) is 0 Å². The lowest BCUT2D eigenvalue weighted by atomic mass is 13.8. The van der Waals surface area contributed by atoms with Crippen molar-refractivity contribution in [1.29, 1.82) is 0 Å². The van der Waals surface area contributed by atoms with Gasteiger partial charge in [0.15, 0.2) is 9.84 Å². The summed E-state index contributed by atoms with van der Waals surface area (Å²) in [7, 11) is -0.128. The Hall–Kier alpha value is 0.797. The fourth-order valence-corrected chi connectivity index (χ4v) is 3.22. The lowest BCUT2D eigenvalue weighted by molar-refractivity contribution is 1.43. The van der Waals surface area contributed by atoms with Crippen LogP contribution in [0.1, 0.15) is 0 Å². The van der Waals surface area contributed by atoms with Crippen molar-refractivity contribution in [3.63, 3.8) is 0 Å². The van der Waals surface area contributed by atoms with Crippen molar-refractivity contribution < 1.29 is 0 Å². The number of hydrogen-bond acceptors (Lipinski definition) is 5. The van der Waals surface area contributed by atoms with Gasteiger partial charge in [0.2, 0.25) is 0 Å². The minimum atomic E-state index is -0.128. The van der Waals surface area contributed by atoms with Crippen LogP contribution in [0, 0.1) is 0 Å². The summed E-state index contributed by atoms with van der Waals surface area (Å²) in [6.45, 7) is 0. The molecule has 36 valence electrons. The molecular formula is H5N3S2Si. The Labute approximate surface area is 47.5 Å². The highest BCUT2D eigenvalue weighted by Gasteiger charge is 1.93. The molecule has 0 aliphatic carbocycles. The van der Waals surface area contributed by atoms with Crippen LogP contribution in [0.25, 0.3) is 0 Å². The Morgan fingerprint density at radius 2 is 1.83 bits per heavy atom. The summed E-state index contributed by atoms with van der Waals surface area (Å²) >= 11 is 3.11. The van der Waals surface area contributed by atoms with Crippen LogP contribution in [0.3, 0.4) is 0 Å². The van der Waals surface area contributed by atoms with E-state index >= 15 is 0 Å². The van der Waals surface area contributed by atoms with Crippen LogP contribution in [0.5, 0.6) is 0 Å². The average molecular weight is 139 g/mol. The van der Waals surface area contributed by atoms with E-state index < -0.39 is 0 Å². The maximum absolute atomic E-state index is 3.10. The van der Waals surface area contributed by atoms with Crippen molar-refractivity contribution in [2.45, 2.75) is 0 Å². The first-order chi connectivity index (χ1) is 3.00. The van der Waals surface area contributed by atoms with Crippen LogP contribution in [0.15, 0.2) is 0 Å². The first kappa shape index (κ1) is 4.94. The van der Waals surface area contributed by atoms with Crippen LogP contribution in [-0.4, -0.2) is 9.84 Å². The average Bonchev–Trinajstić information content (AvgIpc) is 1.72. The summed E-state index contributed by atoms with van der Waals surface area (Å²) in [4.78, 5) is 0. The second kappa shape index (κ2) is 2.89. The highest BCUT2D eigenvalue weighted by atomic mass is 32.2. The minimum Gasteiger partial charge on any atom is -0.262 e. The summed E-state index contributed by atoms with van der Waals surface area (Å²) in [5.41, 5.74) is 0. The molecule has 0 aromatic rings. The fraction of sp³-hybridized carbons (Fsp3) is 0. The third-order valence-corrected chi connectivity index (χ3v) is 3.35. The molecule has 0 bridgehead atoms. The lowest BCUT2D eigenvalue weighted by Gasteiger charge is -2.09. The molecule has 1 aliphatic heterocycles. The van der Waals surface area contributed by atoms with Gasteiger partial charge in [-0.15, -0.1) is 0 Å². The first-order valence-electron chi connectivity index (χ1n) is 1.52. The standard InChI is InChI=1S/H5N3S2Si/c1-4-2-6-3-5-1/h1-3H,6H2. The Morgan fingerprint density at radius 1 is 1.17 bits per heavy atom. The Bertz CT molecular complexity index is 24.3. The maximum Gasteiger partial charge on any atom is 0.190 e. The van der Waals surface area contributed by atoms with Gasteiger partial charge in [0.1, 0.15) is 0 Å². The first-order valence-corrected chi connectivity index (χ1v) is 4.57. The van der Waals surface area contributed by atoms with Gasteiger partial charge in [0.05, 0.1) is 0 Å². The van der Waals surface area contributed by atoms with Crippen molar-refractivity contribution in [1.82, 2.24) is 12.9 Å². The number of rotatable bonds is 0. The maximum atomic E-state index is 3.10. The van der Waals surface area contributed by atoms with Crippen molar-refractivity contribution in [3.05, 3.63) is 0 Å². The SMILES string of the molecule is N1[SiH2]NSNS1. The Balaban J connectivity index is 2.00. The smallest absolute Gasteiger partial charge is 0.190 e. The second-order valence-electron chi connectivity index (χ2n) is 0.753. The van der Waals surface area contributed by atoms with E-state index in [1.54, 1.807) is 24.3 Å². The predicted octanol–water partition coefficient (Wildman–Crippen LogP) is -1.11. The normalized spacial score (nSPS) is 24.0. The third-order valence-electron chi connectivity index (χ3n) is 0.372. The molecule has 0 spiro atoms. The van der Waals surface area contributed by atoms with Gasteiger partial charge >= 0.3 is 0 Å². The van der Waals surface area contributed by atoms with Crippen LogP contribution in [-0.2, 0) is 0 Å². The zero-order valence-electron chi connectivity index (χ0n) is 3.02. The van der Waals surface area contributed by atoms with Gasteiger partial charge in [-0.3, -0.25) is 8.78 Å². The monoisotopic (exact) mass is 139 g/mol. The summed E-state index contributed by atoms with van der Waals surface area (Å²) in [5.74, 6) is 0. The molecule has 0 radical (unpaired) electrons. The quantitative estimate of drug-likeness (QED) is 0.293. The number of hydrogen-bond donors (Lipinski definition) is 3. The van der Waals surface area contributed by atoms with E-state index in [1.807, 2.05) is 0 Å². The largest absolute Gasteiger partial charge is 0.262 e. The topological polar surface area (TPSA) is 36.1 Å². The van der Waals surface area contributed by atoms with Gasteiger partial charge in [-0.25, -0.2) is 0 Å². The van der Waals surface area contributed by atoms with Gasteiger partial charge in [-0.05, 0) is 0 Å². The molecule has 1 heterocycles. The molecule has 1 fully saturated rings. The Morgan fingerprint density at radius 3 is 2.00 bits per heavy atom. The van der Waals surface area contributed by atoms with Crippen LogP contribution < -0.4 is 12.9 Å². The molecule has 3 N–H and O–H groups in total. The molecule has 0 amide bonds. The van der Waals surface area contributed by atoms with Crippen LogP contribution in [0.4, 0.5) is 0 Å². The zero-order chi connectivity index (χ0) is 4.24. The van der Waals surface area contributed by atoms with E-state index in [4.69, 9.17) is 0 Å². The molecule has 0 saturated carbocycles. The van der Waals surface area contributed by atoms with E-state index in [1.165, 1.54) is 0 Å². The molecule has 1 saturated heterocycles. The van der Waals surface area contributed by atoms with Gasteiger partial charge in [0, 0.05) is 24.3 Å². The molecular weight excluding hydrogens is 134 g/mol. The van der Waals surface area contributed by atoms with Gasteiger partial charge < -0.3 is 0 Å². The van der Waals surface area contributed by atoms with E-state index in [-0.39, 0.29) is 9.84 Å². The Kier molecular flexibility index (Phi) is 2.38. The molecule has 0 aromatic carbocycles. The van der Waals surface area contributed by atoms with E-state index in [0.29, 0.717) is 0 Å². The van der Waals surface area contributed by atoms with Crippen molar-refractivity contribution >= 4 is 34.1 Å². The predicted molar refractivity (Wildman–Crippen MR) is 33.1 cm³/mol. The molecule has 6 heavy (non-hydrogen) atoms. The van der Waals surface area contributed by atoms with Crippen molar-refractivity contribution in [2.75, 3.05) is 0 Å². The minimum absolute atomic E-state index is 0.128. The lowest BCUT2D eigenvalue weighted by Crippen LogP contribution is -2.32.